The van der Waals surface area contributed by atoms with Gasteiger partial charge in [-0.15, -0.1) is 0 Å². The van der Waals surface area contributed by atoms with Gasteiger partial charge in [-0.05, 0) is 54.6 Å². The van der Waals surface area contributed by atoms with Crippen molar-refractivity contribution in [2.24, 2.45) is 0 Å². The maximum Gasteiger partial charge on any atom is 0.145 e. The zero-order valence-corrected chi connectivity index (χ0v) is 20.9. The Kier molecular flexibility index (Phi) is 5.08. The minimum atomic E-state index is 0.885. The summed E-state index contributed by atoms with van der Waals surface area (Å²) < 4.78 is 4.45. The molecule has 0 aliphatic carbocycles. The Balaban J connectivity index is 1.49. The molecule has 0 aliphatic heterocycles. The second-order valence-corrected chi connectivity index (χ2v) is 9.57. The van der Waals surface area contributed by atoms with Crippen molar-refractivity contribution in [1.82, 2.24) is 19.1 Å². The summed E-state index contributed by atoms with van der Waals surface area (Å²) in [6.45, 7) is 0. The topological polar surface area (TPSA) is 35.6 Å². The maximum atomic E-state index is 5.07. The van der Waals surface area contributed by atoms with Gasteiger partial charge in [-0.25, -0.2) is 9.97 Å². The largest absolute Gasteiger partial charge is 0.292 e. The first-order chi connectivity index (χ1) is 18.3. The third-order valence-electron chi connectivity index (χ3n) is 6.60. The molecule has 0 unspecified atom stereocenters. The molecule has 0 saturated carbocycles. The van der Waals surface area contributed by atoms with Crippen molar-refractivity contribution in [3.05, 3.63) is 127 Å². The summed E-state index contributed by atoms with van der Waals surface area (Å²) in [6, 6.07) is 43.7. The van der Waals surface area contributed by atoms with Gasteiger partial charge in [-0.2, -0.15) is 0 Å². The summed E-state index contributed by atoms with van der Waals surface area (Å²) >= 11 is 0. The van der Waals surface area contributed by atoms with Gasteiger partial charge in [0, 0.05) is 22.5 Å². The number of rotatable bonds is 4. The van der Waals surface area contributed by atoms with Gasteiger partial charge in [0.05, 0.1) is 32.3 Å². The van der Waals surface area contributed by atoms with E-state index in [9.17, 15) is 0 Å². The molecule has 0 spiro atoms. The number of imidazole rings is 2. The molecule has 7 aromatic rings. The predicted octanol–water partition coefficient (Wildman–Crippen LogP) is 6.49. The summed E-state index contributed by atoms with van der Waals surface area (Å²) in [5.41, 5.74) is 8.22. The van der Waals surface area contributed by atoms with Crippen molar-refractivity contribution >= 4 is 37.5 Å². The molecule has 5 heteroatoms. The average molecular weight is 490 g/mol. The lowest BCUT2D eigenvalue weighted by molar-refractivity contribution is 1.09. The molecule has 2 heterocycles. The Morgan fingerprint density at radius 1 is 0.459 bits per heavy atom. The first kappa shape index (κ1) is 21.5. The van der Waals surface area contributed by atoms with E-state index in [1.165, 1.54) is 0 Å². The van der Waals surface area contributed by atoms with E-state index in [4.69, 9.17) is 9.97 Å². The zero-order valence-electron chi connectivity index (χ0n) is 19.9. The SMILES string of the molecule is [Si]c1cc(-c2nc3ccccc3n2-c2ccccc2)cc(-c2nc3ccccc3n2-c2ccccc2)c1. The van der Waals surface area contributed by atoms with Crippen LogP contribution in [0.25, 0.3) is 56.2 Å². The maximum absolute atomic E-state index is 5.07. The molecule has 0 saturated heterocycles. The Labute approximate surface area is 217 Å². The first-order valence-electron chi connectivity index (χ1n) is 12.2. The van der Waals surface area contributed by atoms with E-state index < -0.39 is 0 Å². The lowest BCUT2D eigenvalue weighted by Crippen LogP contribution is -2.07. The van der Waals surface area contributed by atoms with Gasteiger partial charge >= 0.3 is 0 Å². The Bertz CT molecular complexity index is 1750. The van der Waals surface area contributed by atoms with Gasteiger partial charge in [-0.3, -0.25) is 9.13 Å². The van der Waals surface area contributed by atoms with Crippen LogP contribution in [-0.2, 0) is 0 Å². The van der Waals surface area contributed by atoms with Crippen molar-refractivity contribution in [1.29, 1.82) is 0 Å². The number of fused-ring (bicyclic) bond motifs is 2. The molecular weight excluding hydrogens is 468 g/mol. The van der Waals surface area contributed by atoms with Crippen molar-refractivity contribution in [2.75, 3.05) is 0 Å². The number of benzene rings is 5. The molecule has 3 radical (unpaired) electrons. The average Bonchev–Trinajstić information content (AvgIpc) is 3.53. The van der Waals surface area contributed by atoms with Crippen LogP contribution in [0, 0.1) is 0 Å². The number of para-hydroxylation sites is 6. The van der Waals surface area contributed by atoms with Crippen LogP contribution in [0.3, 0.4) is 0 Å². The molecule has 0 amide bonds. The molecule has 0 bridgehead atoms. The Hall–Kier alpha value is -4.74. The van der Waals surface area contributed by atoms with Crippen LogP contribution < -0.4 is 5.19 Å². The summed E-state index contributed by atoms with van der Waals surface area (Å²) in [5.74, 6) is 1.77. The highest BCUT2D eigenvalue weighted by atomic mass is 28.1. The van der Waals surface area contributed by atoms with E-state index in [1.807, 2.05) is 24.3 Å². The Morgan fingerprint density at radius 3 is 1.32 bits per heavy atom. The fourth-order valence-corrected chi connectivity index (χ4v) is 5.31. The number of hydrogen-bond donors (Lipinski definition) is 0. The van der Waals surface area contributed by atoms with Crippen molar-refractivity contribution in [2.45, 2.75) is 0 Å². The molecule has 2 aromatic heterocycles. The van der Waals surface area contributed by atoms with E-state index in [0.29, 0.717) is 0 Å². The Morgan fingerprint density at radius 2 is 0.865 bits per heavy atom. The molecule has 37 heavy (non-hydrogen) atoms. The summed E-state index contributed by atoms with van der Waals surface area (Å²) in [6.07, 6.45) is 0. The highest BCUT2D eigenvalue weighted by molar-refractivity contribution is 6.33. The van der Waals surface area contributed by atoms with Gasteiger partial charge in [0.2, 0.25) is 0 Å². The fraction of sp³-hybridized carbons (Fsp3) is 0. The van der Waals surface area contributed by atoms with Crippen LogP contribution in [0.1, 0.15) is 0 Å². The van der Waals surface area contributed by atoms with Crippen LogP contribution >= 0.6 is 0 Å². The smallest absolute Gasteiger partial charge is 0.145 e. The van der Waals surface area contributed by atoms with Gasteiger partial charge < -0.3 is 0 Å². The van der Waals surface area contributed by atoms with Crippen molar-refractivity contribution in [3.63, 3.8) is 0 Å². The normalized spacial score (nSPS) is 11.4. The molecule has 7 rings (SSSR count). The summed E-state index contributed by atoms with van der Waals surface area (Å²) in [5, 5.41) is 0.964. The highest BCUT2D eigenvalue weighted by Crippen LogP contribution is 2.33. The molecule has 0 aliphatic rings. The minimum Gasteiger partial charge on any atom is -0.292 e. The van der Waals surface area contributed by atoms with Crippen molar-refractivity contribution in [3.8, 4) is 34.2 Å². The van der Waals surface area contributed by atoms with Crippen LogP contribution in [0.15, 0.2) is 127 Å². The zero-order chi connectivity index (χ0) is 24.8. The molecule has 4 nitrogen and oxygen atoms in total. The van der Waals surface area contributed by atoms with E-state index in [-0.39, 0.29) is 0 Å². The summed E-state index contributed by atoms with van der Waals surface area (Å²) in [7, 11) is 3.84. The molecular formula is C32H21N4Si. The highest BCUT2D eigenvalue weighted by Gasteiger charge is 2.18. The minimum absolute atomic E-state index is 0.885. The number of nitrogens with zero attached hydrogens (tertiary/aromatic N) is 4. The molecule has 0 N–H and O–H groups in total. The fourth-order valence-electron chi connectivity index (χ4n) is 5.00. The van der Waals surface area contributed by atoms with Gasteiger partial charge in [0.15, 0.2) is 0 Å². The quantitative estimate of drug-likeness (QED) is 0.265. The van der Waals surface area contributed by atoms with Crippen molar-refractivity contribution < 1.29 is 0 Å². The molecule has 0 atom stereocenters. The third kappa shape index (κ3) is 3.68. The monoisotopic (exact) mass is 489 g/mol. The van der Waals surface area contributed by atoms with Crippen LogP contribution in [0.2, 0.25) is 0 Å². The van der Waals surface area contributed by atoms with Crippen LogP contribution in [0.4, 0.5) is 0 Å². The first-order valence-corrected chi connectivity index (χ1v) is 12.7. The predicted molar refractivity (Wildman–Crippen MR) is 152 cm³/mol. The van der Waals surface area contributed by atoms with E-state index in [1.54, 1.807) is 0 Å². The van der Waals surface area contributed by atoms with Gasteiger partial charge in [-0.1, -0.05) is 78.0 Å². The second kappa shape index (κ2) is 8.73. The lowest BCUT2D eigenvalue weighted by Gasteiger charge is -2.13. The standard InChI is InChI=1S/C32H21N4Si/c37-26-20-22(31-33-27-15-7-9-17-29(27)35(31)24-11-3-1-4-12-24)19-23(21-26)32-34-28-16-8-10-18-30(28)36(32)25-13-5-2-6-14-25/h1-21H. The van der Waals surface area contributed by atoms with E-state index in [2.05, 4.69) is 123 Å². The van der Waals surface area contributed by atoms with Crippen LogP contribution in [-0.4, -0.2) is 29.3 Å². The van der Waals surface area contributed by atoms with Crippen LogP contribution in [0.5, 0.6) is 0 Å². The molecule has 5 aromatic carbocycles. The van der Waals surface area contributed by atoms with Gasteiger partial charge in [0.25, 0.3) is 0 Å². The molecule has 0 fully saturated rings. The lowest BCUT2D eigenvalue weighted by atomic mass is 10.1. The molecule has 173 valence electrons. The summed E-state index contributed by atoms with van der Waals surface area (Å²) in [4.78, 5) is 10.1. The second-order valence-electron chi connectivity index (χ2n) is 8.99. The van der Waals surface area contributed by atoms with Gasteiger partial charge in [0.1, 0.15) is 11.6 Å². The third-order valence-corrected chi connectivity index (χ3v) is 6.89. The van der Waals surface area contributed by atoms with E-state index >= 15 is 0 Å². The number of hydrogen-bond acceptors (Lipinski definition) is 2. The van der Waals surface area contributed by atoms with E-state index in [0.717, 1.165) is 61.4 Å². The number of aromatic nitrogens is 4.